The van der Waals surface area contributed by atoms with Crippen LogP contribution in [0.2, 0.25) is 0 Å². The Morgan fingerprint density at radius 2 is 2.05 bits per heavy atom. The Morgan fingerprint density at radius 3 is 2.85 bits per heavy atom. The smallest absolute Gasteiger partial charge is 0.251 e. The molecule has 0 saturated heterocycles. The van der Waals surface area contributed by atoms with Crippen LogP contribution in [0.5, 0.6) is 0 Å². The number of para-hydroxylation sites is 1. The van der Waals surface area contributed by atoms with Crippen molar-refractivity contribution in [2.75, 3.05) is 0 Å². The van der Waals surface area contributed by atoms with Gasteiger partial charge in [-0.15, -0.1) is 0 Å². The largest absolute Gasteiger partial charge is 0.308 e. The number of aryl methyl sites for hydroxylation is 2. The topological polar surface area (TPSA) is 39.8 Å². The number of pyridine rings is 1. The fourth-order valence-corrected chi connectivity index (χ4v) is 2.82. The highest BCUT2D eigenvalue weighted by molar-refractivity contribution is 14.1. The summed E-state index contributed by atoms with van der Waals surface area (Å²) in [5.41, 5.74) is 3.03. The van der Waals surface area contributed by atoms with Crippen molar-refractivity contribution in [3.05, 3.63) is 61.7 Å². The summed E-state index contributed by atoms with van der Waals surface area (Å²) in [6.45, 7) is 2.44. The predicted octanol–water partition coefficient (Wildman–Crippen LogP) is 2.70. The Hall–Kier alpha value is -1.63. The summed E-state index contributed by atoms with van der Waals surface area (Å²) in [4.78, 5) is 12.1. The summed E-state index contributed by atoms with van der Waals surface area (Å²) in [6.07, 6.45) is 1.89. The lowest BCUT2D eigenvalue weighted by Gasteiger charge is -2.06. The average molecular weight is 379 g/mol. The molecule has 102 valence electrons. The van der Waals surface area contributed by atoms with Crippen LogP contribution in [0.3, 0.4) is 0 Å². The van der Waals surface area contributed by atoms with Crippen LogP contribution in [0.15, 0.2) is 41.3 Å². The fraction of sp³-hybridized carbons (Fsp3) is 0.200. The number of halogens is 1. The van der Waals surface area contributed by atoms with Crippen LogP contribution in [0.25, 0.3) is 10.9 Å². The standard InChI is InChI=1S/C15H14IN3O/c1-10-7-15(20)19(8-12(10)16)9-13-11-5-3-4-6-14(11)18(2)17-13/h3-8H,9H2,1-2H3. The van der Waals surface area contributed by atoms with Crippen LogP contribution >= 0.6 is 22.6 Å². The van der Waals surface area contributed by atoms with Gasteiger partial charge in [0.15, 0.2) is 0 Å². The number of benzene rings is 1. The quantitative estimate of drug-likeness (QED) is 0.643. The number of nitrogens with zero attached hydrogens (tertiary/aromatic N) is 3. The van der Waals surface area contributed by atoms with E-state index in [0.717, 1.165) is 25.7 Å². The van der Waals surface area contributed by atoms with Crippen molar-refractivity contribution in [2.24, 2.45) is 7.05 Å². The van der Waals surface area contributed by atoms with Crippen LogP contribution in [0.4, 0.5) is 0 Å². The Kier molecular flexibility index (Phi) is 3.37. The number of rotatable bonds is 2. The molecule has 0 radical (unpaired) electrons. The van der Waals surface area contributed by atoms with Crippen molar-refractivity contribution >= 4 is 33.5 Å². The molecule has 0 spiro atoms. The molecule has 0 aliphatic carbocycles. The van der Waals surface area contributed by atoms with Crippen molar-refractivity contribution in [1.29, 1.82) is 0 Å². The van der Waals surface area contributed by atoms with Crippen LogP contribution in [-0.2, 0) is 13.6 Å². The molecule has 4 nitrogen and oxygen atoms in total. The summed E-state index contributed by atoms with van der Waals surface area (Å²) < 4.78 is 4.65. The van der Waals surface area contributed by atoms with E-state index in [1.807, 2.05) is 49.1 Å². The molecule has 2 aromatic heterocycles. The first-order valence-corrected chi connectivity index (χ1v) is 7.41. The zero-order valence-corrected chi connectivity index (χ0v) is 13.5. The summed E-state index contributed by atoms with van der Waals surface area (Å²) in [6, 6.07) is 9.74. The molecule has 20 heavy (non-hydrogen) atoms. The van der Waals surface area contributed by atoms with E-state index in [-0.39, 0.29) is 5.56 Å². The normalized spacial score (nSPS) is 11.2. The Bertz CT molecular complexity index is 848. The first-order chi connectivity index (χ1) is 9.56. The molecule has 0 bridgehead atoms. The second-order valence-electron chi connectivity index (χ2n) is 4.86. The maximum Gasteiger partial charge on any atom is 0.251 e. The number of hydrogen-bond donors (Lipinski definition) is 0. The summed E-state index contributed by atoms with van der Waals surface area (Å²) in [5.74, 6) is 0. The van der Waals surface area contributed by atoms with E-state index < -0.39 is 0 Å². The van der Waals surface area contributed by atoms with Crippen LogP contribution < -0.4 is 5.56 Å². The molecule has 1 aromatic carbocycles. The minimum Gasteiger partial charge on any atom is -0.308 e. The SMILES string of the molecule is Cc1cc(=O)n(Cc2nn(C)c3ccccc23)cc1I. The van der Waals surface area contributed by atoms with Gasteiger partial charge in [-0.3, -0.25) is 9.48 Å². The lowest BCUT2D eigenvalue weighted by Crippen LogP contribution is -2.20. The molecule has 3 aromatic rings. The first kappa shape index (κ1) is 13.4. The van der Waals surface area contributed by atoms with Crippen LogP contribution in [0, 0.1) is 10.5 Å². The van der Waals surface area contributed by atoms with Gasteiger partial charge in [0.05, 0.1) is 17.8 Å². The lowest BCUT2D eigenvalue weighted by atomic mass is 10.2. The molecular formula is C15H14IN3O. The lowest BCUT2D eigenvalue weighted by molar-refractivity contribution is 0.698. The molecule has 0 unspecified atom stereocenters. The number of aromatic nitrogens is 3. The minimum atomic E-state index is 0.0117. The molecule has 0 aliphatic heterocycles. The van der Waals surface area contributed by atoms with E-state index in [2.05, 4.69) is 27.7 Å². The molecule has 0 saturated carbocycles. The van der Waals surface area contributed by atoms with Crippen molar-refractivity contribution in [2.45, 2.75) is 13.5 Å². The highest BCUT2D eigenvalue weighted by Gasteiger charge is 2.10. The number of fused-ring (bicyclic) bond motifs is 1. The Balaban J connectivity index is 2.10. The fourth-order valence-electron chi connectivity index (χ4n) is 2.33. The molecule has 0 fully saturated rings. The van der Waals surface area contributed by atoms with Crippen LogP contribution in [0.1, 0.15) is 11.3 Å². The Morgan fingerprint density at radius 1 is 1.30 bits per heavy atom. The Labute approximate surface area is 130 Å². The molecule has 3 rings (SSSR count). The molecule has 0 N–H and O–H groups in total. The van der Waals surface area contributed by atoms with E-state index >= 15 is 0 Å². The van der Waals surface area contributed by atoms with Gasteiger partial charge in [0, 0.05) is 28.3 Å². The number of hydrogen-bond acceptors (Lipinski definition) is 2. The van der Waals surface area contributed by atoms with Crippen molar-refractivity contribution in [1.82, 2.24) is 14.3 Å². The maximum atomic E-state index is 12.1. The molecular weight excluding hydrogens is 365 g/mol. The summed E-state index contributed by atoms with van der Waals surface area (Å²) >= 11 is 2.25. The predicted molar refractivity (Wildman–Crippen MR) is 88.0 cm³/mol. The summed E-state index contributed by atoms with van der Waals surface area (Å²) in [7, 11) is 1.92. The van der Waals surface area contributed by atoms with Gasteiger partial charge < -0.3 is 4.57 Å². The van der Waals surface area contributed by atoms with E-state index in [9.17, 15) is 4.79 Å². The van der Waals surface area contributed by atoms with Gasteiger partial charge in [-0.1, -0.05) is 18.2 Å². The van der Waals surface area contributed by atoms with Gasteiger partial charge in [-0.05, 0) is 41.1 Å². The van der Waals surface area contributed by atoms with E-state index in [0.29, 0.717) is 6.54 Å². The third kappa shape index (κ3) is 2.26. The minimum absolute atomic E-state index is 0.0117. The van der Waals surface area contributed by atoms with E-state index in [4.69, 9.17) is 0 Å². The highest BCUT2D eigenvalue weighted by Crippen LogP contribution is 2.18. The first-order valence-electron chi connectivity index (χ1n) is 6.33. The molecule has 0 atom stereocenters. The van der Waals surface area contributed by atoms with Gasteiger partial charge in [-0.2, -0.15) is 5.10 Å². The monoisotopic (exact) mass is 379 g/mol. The second-order valence-corrected chi connectivity index (χ2v) is 6.02. The third-order valence-corrected chi connectivity index (χ3v) is 4.55. The van der Waals surface area contributed by atoms with Gasteiger partial charge in [0.25, 0.3) is 5.56 Å². The van der Waals surface area contributed by atoms with Gasteiger partial charge >= 0.3 is 0 Å². The average Bonchev–Trinajstić information content (AvgIpc) is 2.74. The van der Waals surface area contributed by atoms with Gasteiger partial charge in [-0.25, -0.2) is 0 Å². The maximum absolute atomic E-state index is 12.1. The van der Waals surface area contributed by atoms with Crippen molar-refractivity contribution in [3.63, 3.8) is 0 Å². The zero-order chi connectivity index (χ0) is 14.3. The molecule has 2 heterocycles. The van der Waals surface area contributed by atoms with Gasteiger partial charge in [0.1, 0.15) is 0 Å². The van der Waals surface area contributed by atoms with E-state index in [1.165, 1.54) is 0 Å². The zero-order valence-electron chi connectivity index (χ0n) is 11.3. The molecule has 0 amide bonds. The van der Waals surface area contributed by atoms with Crippen LogP contribution in [-0.4, -0.2) is 14.3 Å². The van der Waals surface area contributed by atoms with Gasteiger partial charge in [0.2, 0.25) is 0 Å². The van der Waals surface area contributed by atoms with Crippen molar-refractivity contribution < 1.29 is 0 Å². The third-order valence-electron chi connectivity index (χ3n) is 3.42. The second kappa shape index (κ2) is 5.05. The van der Waals surface area contributed by atoms with E-state index in [1.54, 1.807) is 10.6 Å². The molecule has 5 heteroatoms. The van der Waals surface area contributed by atoms with Crippen molar-refractivity contribution in [3.8, 4) is 0 Å². The molecule has 0 aliphatic rings. The summed E-state index contributed by atoms with van der Waals surface area (Å²) in [5, 5.41) is 5.63. The highest BCUT2D eigenvalue weighted by atomic mass is 127.